The summed E-state index contributed by atoms with van der Waals surface area (Å²) in [5, 5.41) is 24.0. The average Bonchev–Trinajstić information content (AvgIpc) is 3.08. The number of hydrogen-bond acceptors (Lipinski definition) is 7. The van der Waals surface area contributed by atoms with Crippen LogP contribution in [0.4, 0.5) is 5.88 Å². The molecule has 2 heterocycles. The molecule has 7 nitrogen and oxygen atoms in total. The van der Waals surface area contributed by atoms with E-state index in [0.717, 1.165) is 41.0 Å². The van der Waals surface area contributed by atoms with Crippen LogP contribution in [0.5, 0.6) is 0 Å². The fourth-order valence-electron chi connectivity index (χ4n) is 2.85. The van der Waals surface area contributed by atoms with Gasteiger partial charge < -0.3 is 0 Å². The fourth-order valence-corrected chi connectivity index (χ4v) is 5.05. The number of nitrogens with one attached hydrogen (secondary N) is 2. The van der Waals surface area contributed by atoms with Crippen LogP contribution in [0.25, 0.3) is 0 Å². The van der Waals surface area contributed by atoms with Gasteiger partial charge in [-0.15, -0.1) is 23.1 Å². The highest BCUT2D eigenvalue weighted by molar-refractivity contribution is 8.01. The molecule has 1 amide bonds. The molecule has 0 unspecified atom stereocenters. The maximum Gasteiger partial charge on any atom is 0.302 e. The van der Waals surface area contributed by atoms with Crippen molar-refractivity contribution in [2.24, 2.45) is 0 Å². The Labute approximate surface area is 159 Å². The Kier molecular flexibility index (Phi) is 5.74. The first-order valence-electron chi connectivity index (χ1n) is 8.44. The van der Waals surface area contributed by atoms with Crippen LogP contribution in [0, 0.1) is 16.7 Å². The van der Waals surface area contributed by atoms with Crippen LogP contribution in [0.2, 0.25) is 0 Å². The molecule has 3 rings (SSSR count). The first-order chi connectivity index (χ1) is 12.5. The van der Waals surface area contributed by atoms with Crippen molar-refractivity contribution in [1.29, 1.82) is 10.7 Å². The predicted molar refractivity (Wildman–Crippen MR) is 98.0 cm³/mol. The summed E-state index contributed by atoms with van der Waals surface area (Å²) >= 11 is 2.70. The molecular formula is C17H20N5O2S2+. The van der Waals surface area contributed by atoms with Crippen molar-refractivity contribution >= 4 is 34.9 Å². The summed E-state index contributed by atoms with van der Waals surface area (Å²) in [6.45, 7) is 3.94. The normalized spacial score (nSPS) is 13.3. The summed E-state index contributed by atoms with van der Waals surface area (Å²) in [6, 6.07) is 2.33. The summed E-state index contributed by atoms with van der Waals surface area (Å²) in [6.07, 6.45) is 5.52. The van der Waals surface area contributed by atoms with Gasteiger partial charge in [-0.2, -0.15) is 5.26 Å². The Balaban J connectivity index is 1.71. The summed E-state index contributed by atoms with van der Waals surface area (Å²) < 4.78 is 7.98. The highest BCUT2D eigenvalue weighted by atomic mass is 32.2. The highest BCUT2D eigenvalue weighted by Crippen LogP contribution is 2.34. The van der Waals surface area contributed by atoms with Gasteiger partial charge in [0.05, 0.1) is 15.5 Å². The number of carbonyl (C=O) groups excluding carboxylic acids is 1. The van der Waals surface area contributed by atoms with E-state index in [9.17, 15) is 10.1 Å². The van der Waals surface area contributed by atoms with Gasteiger partial charge in [0.2, 0.25) is 11.2 Å². The molecule has 2 aromatic rings. The van der Waals surface area contributed by atoms with Gasteiger partial charge in [0.25, 0.3) is 6.20 Å². The van der Waals surface area contributed by atoms with E-state index in [1.165, 1.54) is 23.1 Å². The fraction of sp³-hybridized carbons (Fsp3) is 0.471. The topological polar surface area (TPSA) is 107 Å². The van der Waals surface area contributed by atoms with Crippen molar-refractivity contribution in [2.45, 2.75) is 49.8 Å². The molecule has 0 fully saturated rings. The number of carbonyl (C=O) groups is 1. The number of nitriles is 1. The largest absolute Gasteiger partial charge is 0.302 e. The van der Waals surface area contributed by atoms with E-state index < -0.39 is 0 Å². The molecule has 0 aromatic carbocycles. The molecule has 0 atom stereocenters. The minimum atomic E-state index is -0.185. The summed E-state index contributed by atoms with van der Waals surface area (Å²) in [5.74, 6) is 0.349. The smallest absolute Gasteiger partial charge is 0.289 e. The van der Waals surface area contributed by atoms with Gasteiger partial charge in [-0.1, -0.05) is 0 Å². The van der Waals surface area contributed by atoms with Gasteiger partial charge in [0.15, 0.2) is 6.04 Å². The number of fused-ring (bicyclic) bond motifs is 1. The molecule has 0 saturated carbocycles. The maximum atomic E-state index is 12.2. The molecule has 0 bridgehead atoms. The Hall–Kier alpha value is -2.18. The van der Waals surface area contributed by atoms with Crippen LogP contribution in [-0.2, 0) is 17.6 Å². The zero-order valence-corrected chi connectivity index (χ0v) is 16.3. The Morgan fingerprint density at radius 2 is 2.23 bits per heavy atom. The van der Waals surface area contributed by atoms with Crippen molar-refractivity contribution < 1.29 is 14.0 Å². The molecule has 2 N–H and O–H groups in total. The van der Waals surface area contributed by atoms with E-state index in [4.69, 9.17) is 9.93 Å². The van der Waals surface area contributed by atoms with Crippen LogP contribution in [0.3, 0.4) is 0 Å². The van der Waals surface area contributed by atoms with Crippen molar-refractivity contribution in [3.05, 3.63) is 27.6 Å². The SMILES string of the molecule is CC(C)[n+]1cc(NC(=O)CSc2sc(=N)c(C#N)c3c2CCCC3)on1. The number of thioether (sulfide) groups is 1. The zero-order valence-electron chi connectivity index (χ0n) is 14.7. The number of rotatable bonds is 5. The molecule has 26 heavy (non-hydrogen) atoms. The Morgan fingerprint density at radius 1 is 1.50 bits per heavy atom. The standard InChI is InChI=1S/C17H19N5O2S2/c1-10(2)22-8-15(24-21-22)20-14(23)9-25-17-12-6-4-3-5-11(12)13(7-18)16(19)26-17/h8,10,19H,3-6,9H2,1-2H3/p+1. The van der Waals surface area contributed by atoms with E-state index in [1.54, 1.807) is 10.9 Å². The van der Waals surface area contributed by atoms with Crippen LogP contribution < -0.4 is 14.7 Å². The molecule has 0 spiro atoms. The van der Waals surface area contributed by atoms with Crippen molar-refractivity contribution in [3.8, 4) is 6.07 Å². The van der Waals surface area contributed by atoms with Crippen LogP contribution >= 0.6 is 23.1 Å². The lowest BCUT2D eigenvalue weighted by Gasteiger charge is -2.19. The average molecular weight is 391 g/mol. The zero-order chi connectivity index (χ0) is 18.7. The van der Waals surface area contributed by atoms with Crippen LogP contribution in [0.1, 0.15) is 49.4 Å². The van der Waals surface area contributed by atoms with E-state index in [-0.39, 0.29) is 22.4 Å². The van der Waals surface area contributed by atoms with E-state index >= 15 is 0 Å². The summed E-state index contributed by atoms with van der Waals surface area (Å²) in [4.78, 5) is 12.2. The number of nitrogens with zero attached hydrogens (tertiary/aromatic N) is 3. The third kappa shape index (κ3) is 3.97. The summed E-state index contributed by atoms with van der Waals surface area (Å²) in [7, 11) is 0. The molecule has 0 aliphatic heterocycles. The Morgan fingerprint density at radius 3 is 2.88 bits per heavy atom. The van der Waals surface area contributed by atoms with E-state index in [0.29, 0.717) is 11.4 Å². The predicted octanol–water partition coefficient (Wildman–Crippen LogP) is 2.57. The second-order valence-electron chi connectivity index (χ2n) is 6.35. The Bertz CT molecular complexity index is 926. The second-order valence-corrected chi connectivity index (χ2v) is 8.61. The summed E-state index contributed by atoms with van der Waals surface area (Å²) in [5.41, 5.74) is 2.64. The van der Waals surface area contributed by atoms with E-state index in [1.807, 2.05) is 13.8 Å². The molecule has 2 aromatic heterocycles. The first-order valence-corrected chi connectivity index (χ1v) is 10.2. The first kappa shape index (κ1) is 18.6. The number of anilines is 1. The molecule has 1 aliphatic rings. The maximum absolute atomic E-state index is 12.2. The van der Waals surface area contributed by atoms with Gasteiger partial charge >= 0.3 is 5.88 Å². The monoisotopic (exact) mass is 390 g/mol. The molecular weight excluding hydrogens is 370 g/mol. The molecule has 9 heteroatoms. The lowest BCUT2D eigenvalue weighted by Crippen LogP contribution is -2.36. The molecule has 1 aliphatic carbocycles. The van der Waals surface area contributed by atoms with Gasteiger partial charge in [-0.05, 0) is 55.3 Å². The minimum Gasteiger partial charge on any atom is -0.289 e. The van der Waals surface area contributed by atoms with Crippen molar-refractivity contribution in [1.82, 2.24) is 5.27 Å². The van der Waals surface area contributed by atoms with Crippen molar-refractivity contribution in [2.75, 3.05) is 11.1 Å². The van der Waals surface area contributed by atoms with Gasteiger partial charge in [0, 0.05) is 0 Å². The number of aromatic nitrogens is 2. The van der Waals surface area contributed by atoms with Crippen LogP contribution in [0.15, 0.2) is 14.9 Å². The lowest BCUT2D eigenvalue weighted by atomic mass is 9.91. The highest BCUT2D eigenvalue weighted by Gasteiger charge is 2.21. The molecule has 136 valence electrons. The second kappa shape index (κ2) is 8.01. The van der Waals surface area contributed by atoms with Gasteiger partial charge in [0.1, 0.15) is 10.7 Å². The molecule has 0 saturated heterocycles. The van der Waals surface area contributed by atoms with Gasteiger partial charge in [-0.25, -0.2) is 0 Å². The third-order valence-corrected chi connectivity index (χ3v) is 6.52. The lowest BCUT2D eigenvalue weighted by molar-refractivity contribution is -0.779. The third-order valence-electron chi connectivity index (χ3n) is 4.16. The number of amides is 1. The number of hydrogen-bond donors (Lipinski definition) is 2. The molecule has 0 radical (unpaired) electrons. The van der Waals surface area contributed by atoms with Crippen molar-refractivity contribution in [3.63, 3.8) is 0 Å². The van der Waals surface area contributed by atoms with E-state index in [2.05, 4.69) is 16.7 Å². The minimum absolute atomic E-state index is 0.154. The van der Waals surface area contributed by atoms with Gasteiger partial charge in [-0.3, -0.25) is 20.0 Å². The van der Waals surface area contributed by atoms with Crippen LogP contribution in [-0.4, -0.2) is 16.9 Å². The quantitative estimate of drug-likeness (QED) is 0.603.